The lowest BCUT2D eigenvalue weighted by Gasteiger charge is -2.41. The van der Waals surface area contributed by atoms with Gasteiger partial charge < -0.3 is 34.3 Å². The zero-order valence-corrected chi connectivity index (χ0v) is 42.8. The minimum absolute atomic E-state index is 0.0226. The highest BCUT2D eigenvalue weighted by atomic mass is 32.3. The Bertz CT molecular complexity index is 1400. The van der Waals surface area contributed by atoms with Gasteiger partial charge in [-0.05, 0) is 57.8 Å². The molecule has 0 aromatic heterocycles. The smallest absolute Gasteiger partial charge is 0.397 e. The lowest BCUT2D eigenvalue weighted by Crippen LogP contribution is -2.60. The lowest BCUT2D eigenvalue weighted by atomic mass is 9.99. The van der Waals surface area contributed by atoms with Crippen LogP contribution in [0, 0.1) is 0 Å². The van der Waals surface area contributed by atoms with Crippen LogP contribution >= 0.6 is 0 Å². The molecule has 0 aromatic rings. The lowest BCUT2D eigenvalue weighted by molar-refractivity contribution is -0.301. The van der Waals surface area contributed by atoms with E-state index in [-0.39, 0.29) is 19.6 Å². The van der Waals surface area contributed by atoms with Gasteiger partial charge in [-0.15, -0.1) is 0 Å². The fourth-order valence-electron chi connectivity index (χ4n) is 7.94. The quantitative estimate of drug-likeness (QED) is 0.0197. The fraction of sp³-hybridized carbons (Fsp3) is 0.796. The summed E-state index contributed by atoms with van der Waals surface area (Å²) in [5.74, 6) is -0.428. The summed E-state index contributed by atoms with van der Waals surface area (Å²) in [4.78, 5) is 12.9. The molecule has 67 heavy (non-hydrogen) atoms. The van der Waals surface area contributed by atoms with Gasteiger partial charge in [-0.2, -0.15) is 8.42 Å². The van der Waals surface area contributed by atoms with Gasteiger partial charge in [0.05, 0.1) is 19.8 Å². The molecule has 0 aromatic carbocycles. The predicted octanol–water partition coefficient (Wildman–Crippen LogP) is 12.5. The molecule has 1 fully saturated rings. The topological polar surface area (TPSA) is 178 Å². The van der Waals surface area contributed by atoms with Crippen molar-refractivity contribution in [3.8, 4) is 0 Å². The average molecular weight is 969 g/mol. The van der Waals surface area contributed by atoms with Crippen molar-refractivity contribution in [2.45, 2.75) is 250 Å². The highest BCUT2D eigenvalue weighted by Gasteiger charge is 2.48. The van der Waals surface area contributed by atoms with Crippen LogP contribution in [0.5, 0.6) is 0 Å². The number of hydrogen-bond acceptors (Lipinski definition) is 11. The van der Waals surface area contributed by atoms with E-state index in [2.05, 4.69) is 78.8 Å². The van der Waals surface area contributed by atoms with Crippen molar-refractivity contribution in [2.75, 3.05) is 26.4 Å². The molecule has 0 saturated carbocycles. The predicted molar refractivity (Wildman–Crippen MR) is 271 cm³/mol. The van der Waals surface area contributed by atoms with Gasteiger partial charge in [-0.25, -0.2) is 4.18 Å². The van der Waals surface area contributed by atoms with E-state index >= 15 is 0 Å². The fourth-order valence-corrected chi connectivity index (χ4v) is 8.44. The number of carbonyl (C=O) groups is 1. The van der Waals surface area contributed by atoms with Gasteiger partial charge in [-0.1, -0.05) is 209 Å². The van der Waals surface area contributed by atoms with Crippen LogP contribution in [0.1, 0.15) is 213 Å². The molecule has 12 nitrogen and oxygen atoms in total. The molecule has 0 bridgehead atoms. The standard InChI is InChI=1S/C54H96O12S/c1-3-5-7-9-11-13-15-17-19-21-23-24-26-28-30-32-34-36-38-40-42-44-62-46-48(47-63-54-52(58)53(66-67(59,60)61)51(57)49(45-55)65-54)64-50(56)43-41-39-37-35-33-31-29-27-25-22-20-18-16-14-12-10-8-6-4-2/h6,8,12,14,18,20,25,27,31,33,48-49,51-55,57-58H,3-5,7,9-11,13,15-17,19,21-24,26,28-30,32,34-47H2,1-2H3,(H,59,60,61)/b8-6-,14-12-,20-18-,27-25-,33-31-. The van der Waals surface area contributed by atoms with Crippen LogP contribution < -0.4 is 0 Å². The Morgan fingerprint density at radius 1 is 0.582 bits per heavy atom. The maximum absolute atomic E-state index is 12.9. The number of aliphatic hydroxyl groups excluding tert-OH is 3. The van der Waals surface area contributed by atoms with Crippen molar-refractivity contribution in [1.82, 2.24) is 0 Å². The number of esters is 1. The van der Waals surface area contributed by atoms with Crippen LogP contribution in [0.25, 0.3) is 0 Å². The Kier molecular flexibility index (Phi) is 42.2. The molecule has 6 atom stereocenters. The highest BCUT2D eigenvalue weighted by Crippen LogP contribution is 2.26. The zero-order chi connectivity index (χ0) is 48.9. The van der Waals surface area contributed by atoms with Gasteiger partial charge in [0, 0.05) is 13.0 Å². The summed E-state index contributed by atoms with van der Waals surface area (Å²) >= 11 is 0. The second-order valence-corrected chi connectivity index (χ2v) is 19.1. The summed E-state index contributed by atoms with van der Waals surface area (Å²) in [6.45, 7) is 3.86. The maximum atomic E-state index is 12.9. The van der Waals surface area contributed by atoms with Gasteiger partial charge >= 0.3 is 16.4 Å². The second-order valence-electron chi connectivity index (χ2n) is 18.1. The minimum atomic E-state index is -5.07. The first kappa shape index (κ1) is 62.8. The highest BCUT2D eigenvalue weighted by molar-refractivity contribution is 7.80. The SMILES string of the molecule is CC/C=C\C/C=C\C/C=C\C/C=C\C/C=C\CCCCCC(=O)OC(COCCCCCCCCCCCCCCCCCCCCCCC)COC1OC(CO)C(O)C(OS(=O)(=O)O)C1O. The molecule has 0 amide bonds. The van der Waals surface area contributed by atoms with Gasteiger partial charge in [0.1, 0.15) is 30.5 Å². The molecular weight excluding hydrogens is 873 g/mol. The summed E-state index contributed by atoms with van der Waals surface area (Å²) in [6, 6.07) is 0. The van der Waals surface area contributed by atoms with Crippen molar-refractivity contribution >= 4 is 16.4 Å². The van der Waals surface area contributed by atoms with E-state index in [1.165, 1.54) is 116 Å². The molecule has 13 heteroatoms. The van der Waals surface area contributed by atoms with E-state index in [0.29, 0.717) is 13.0 Å². The normalized spacial score (nSPS) is 19.9. The van der Waals surface area contributed by atoms with Gasteiger partial charge in [-0.3, -0.25) is 9.35 Å². The number of hydrogen-bond donors (Lipinski definition) is 4. The first-order valence-corrected chi connectivity index (χ1v) is 27.9. The molecule has 1 aliphatic rings. The molecule has 1 aliphatic heterocycles. The third-order valence-corrected chi connectivity index (χ3v) is 12.4. The van der Waals surface area contributed by atoms with Gasteiger partial charge in [0.2, 0.25) is 0 Å². The summed E-state index contributed by atoms with van der Waals surface area (Å²) in [6.07, 6.45) is 48.3. The Balaban J connectivity index is 2.37. The Morgan fingerprint density at radius 3 is 1.49 bits per heavy atom. The molecular formula is C54H96O12S. The Labute approximate surface area is 408 Å². The summed E-state index contributed by atoms with van der Waals surface area (Å²) in [7, 11) is -5.07. The molecule has 0 aliphatic carbocycles. The third-order valence-electron chi connectivity index (χ3n) is 11.9. The summed E-state index contributed by atoms with van der Waals surface area (Å²) < 4.78 is 59.3. The molecule has 390 valence electrons. The molecule has 1 heterocycles. The first-order chi connectivity index (χ1) is 32.6. The van der Waals surface area contributed by atoms with E-state index in [4.69, 9.17) is 18.9 Å². The van der Waals surface area contributed by atoms with E-state index < -0.39 is 59.8 Å². The molecule has 6 unspecified atom stereocenters. The van der Waals surface area contributed by atoms with Crippen LogP contribution in [0.15, 0.2) is 60.8 Å². The van der Waals surface area contributed by atoms with Crippen LogP contribution in [0.4, 0.5) is 0 Å². The molecule has 0 spiro atoms. The second kappa shape index (κ2) is 45.0. The molecule has 1 rings (SSSR count). The summed E-state index contributed by atoms with van der Waals surface area (Å²) in [5, 5.41) is 30.8. The van der Waals surface area contributed by atoms with Crippen molar-refractivity contribution in [2.24, 2.45) is 0 Å². The van der Waals surface area contributed by atoms with Crippen LogP contribution in [0.3, 0.4) is 0 Å². The van der Waals surface area contributed by atoms with Gasteiger partial charge in [0.25, 0.3) is 0 Å². The number of allylic oxidation sites excluding steroid dienone is 10. The number of carbonyl (C=O) groups excluding carboxylic acids is 1. The largest absolute Gasteiger partial charge is 0.457 e. The van der Waals surface area contributed by atoms with Gasteiger partial charge in [0.15, 0.2) is 6.29 Å². The zero-order valence-electron chi connectivity index (χ0n) is 41.9. The monoisotopic (exact) mass is 969 g/mol. The molecule has 0 radical (unpaired) electrons. The average Bonchev–Trinajstić information content (AvgIpc) is 3.30. The van der Waals surface area contributed by atoms with E-state index in [0.717, 1.165) is 70.6 Å². The van der Waals surface area contributed by atoms with Crippen LogP contribution in [-0.4, -0.2) is 97.5 Å². The number of rotatable bonds is 46. The van der Waals surface area contributed by atoms with E-state index in [1.54, 1.807) is 0 Å². The third kappa shape index (κ3) is 38.3. The molecule has 1 saturated heterocycles. The van der Waals surface area contributed by atoms with Crippen molar-refractivity contribution in [3.05, 3.63) is 60.8 Å². The maximum Gasteiger partial charge on any atom is 0.397 e. The first-order valence-electron chi connectivity index (χ1n) is 26.5. The summed E-state index contributed by atoms with van der Waals surface area (Å²) in [5.41, 5.74) is 0. The van der Waals surface area contributed by atoms with E-state index in [9.17, 15) is 33.1 Å². The van der Waals surface area contributed by atoms with E-state index in [1.807, 2.05) is 0 Å². The molecule has 4 N–H and O–H groups in total. The number of aliphatic hydroxyl groups is 3. The van der Waals surface area contributed by atoms with Crippen molar-refractivity contribution in [1.29, 1.82) is 0 Å². The minimum Gasteiger partial charge on any atom is -0.457 e. The van der Waals surface area contributed by atoms with Crippen molar-refractivity contribution < 1.29 is 56.2 Å². The van der Waals surface area contributed by atoms with Crippen LogP contribution in [-0.2, 0) is 38.3 Å². The van der Waals surface area contributed by atoms with Crippen LogP contribution in [0.2, 0.25) is 0 Å². The Hall–Kier alpha value is -2.20. The number of unbranched alkanes of at least 4 members (excludes halogenated alkanes) is 23. The number of ether oxygens (including phenoxy) is 4. The Morgan fingerprint density at radius 2 is 1.03 bits per heavy atom. The van der Waals surface area contributed by atoms with Crippen molar-refractivity contribution in [3.63, 3.8) is 0 Å².